The van der Waals surface area contributed by atoms with Crippen molar-refractivity contribution < 1.29 is 4.52 Å². The second-order valence-corrected chi connectivity index (χ2v) is 7.18. The minimum Gasteiger partial charge on any atom is -0.339 e. The average molecular weight is 251 g/mol. The molecule has 1 aromatic heterocycles. The Bertz CT molecular complexity index is 409. The lowest BCUT2D eigenvalue weighted by atomic mass is 9.72. The van der Waals surface area contributed by atoms with Crippen LogP contribution in [-0.4, -0.2) is 10.1 Å². The van der Waals surface area contributed by atoms with Crippen LogP contribution >= 0.6 is 0 Å². The van der Waals surface area contributed by atoms with Gasteiger partial charge >= 0.3 is 0 Å². The summed E-state index contributed by atoms with van der Waals surface area (Å²) in [5.74, 6) is 2.60. The molecule has 18 heavy (non-hydrogen) atoms. The minimum absolute atomic E-state index is 0.118. The standard InChI is InChI=1S/C14H25N3O/c1-9-6-10(2)8-14(15,7-9)11-16-12(18-17-11)13(3,4)5/h9-10H,6-8,15H2,1-5H3. The van der Waals surface area contributed by atoms with Gasteiger partial charge in [-0.3, -0.25) is 0 Å². The largest absolute Gasteiger partial charge is 0.339 e. The monoisotopic (exact) mass is 251 g/mol. The zero-order valence-electron chi connectivity index (χ0n) is 12.2. The van der Waals surface area contributed by atoms with Gasteiger partial charge in [0.25, 0.3) is 0 Å². The lowest BCUT2D eigenvalue weighted by molar-refractivity contribution is 0.171. The summed E-state index contributed by atoms with van der Waals surface area (Å²) in [6, 6.07) is 0. The van der Waals surface area contributed by atoms with E-state index in [0.29, 0.717) is 23.6 Å². The molecule has 0 amide bonds. The lowest BCUT2D eigenvalue weighted by Crippen LogP contribution is -2.44. The topological polar surface area (TPSA) is 64.9 Å². The second-order valence-electron chi connectivity index (χ2n) is 7.18. The van der Waals surface area contributed by atoms with Crippen molar-refractivity contribution in [3.05, 3.63) is 11.7 Å². The van der Waals surface area contributed by atoms with Gasteiger partial charge in [-0.25, -0.2) is 0 Å². The Hall–Kier alpha value is -0.900. The summed E-state index contributed by atoms with van der Waals surface area (Å²) in [5, 5.41) is 4.14. The Morgan fingerprint density at radius 2 is 1.78 bits per heavy atom. The normalized spacial score (nSPS) is 33.7. The molecule has 2 unspecified atom stereocenters. The van der Waals surface area contributed by atoms with Crippen LogP contribution in [0, 0.1) is 11.8 Å². The molecule has 0 bridgehead atoms. The van der Waals surface area contributed by atoms with Gasteiger partial charge in [-0.15, -0.1) is 0 Å². The van der Waals surface area contributed by atoms with E-state index < -0.39 is 5.54 Å². The van der Waals surface area contributed by atoms with Gasteiger partial charge in [0.05, 0.1) is 5.54 Å². The fraction of sp³-hybridized carbons (Fsp3) is 0.857. The zero-order chi connectivity index (χ0) is 13.6. The minimum atomic E-state index is -0.413. The number of rotatable bonds is 1. The summed E-state index contributed by atoms with van der Waals surface area (Å²) in [6.45, 7) is 10.7. The molecular formula is C14H25N3O. The number of aromatic nitrogens is 2. The van der Waals surface area contributed by atoms with Crippen molar-refractivity contribution in [1.82, 2.24) is 10.1 Å². The van der Waals surface area contributed by atoms with Crippen LogP contribution in [0.4, 0.5) is 0 Å². The molecule has 4 nitrogen and oxygen atoms in total. The molecule has 0 spiro atoms. The summed E-state index contributed by atoms with van der Waals surface area (Å²) in [6.07, 6.45) is 3.13. The summed E-state index contributed by atoms with van der Waals surface area (Å²) in [4.78, 5) is 4.54. The van der Waals surface area contributed by atoms with Crippen molar-refractivity contribution in [2.45, 2.75) is 64.8 Å². The van der Waals surface area contributed by atoms with Gasteiger partial charge < -0.3 is 10.3 Å². The molecule has 2 rings (SSSR count). The van der Waals surface area contributed by atoms with Gasteiger partial charge in [0.15, 0.2) is 5.82 Å². The fourth-order valence-electron chi connectivity index (χ4n) is 3.09. The molecule has 1 saturated carbocycles. The van der Waals surface area contributed by atoms with Crippen LogP contribution in [0.3, 0.4) is 0 Å². The van der Waals surface area contributed by atoms with E-state index in [0.717, 1.165) is 12.8 Å². The second kappa shape index (κ2) is 4.34. The molecule has 1 heterocycles. The third kappa shape index (κ3) is 2.58. The van der Waals surface area contributed by atoms with Crippen LogP contribution in [0.5, 0.6) is 0 Å². The molecule has 1 aromatic rings. The van der Waals surface area contributed by atoms with E-state index in [4.69, 9.17) is 10.3 Å². The van der Waals surface area contributed by atoms with E-state index in [1.807, 2.05) is 0 Å². The third-order valence-corrected chi connectivity index (χ3v) is 3.74. The summed E-state index contributed by atoms with van der Waals surface area (Å²) in [7, 11) is 0. The molecule has 0 aromatic carbocycles. The first-order valence-electron chi connectivity index (χ1n) is 6.84. The third-order valence-electron chi connectivity index (χ3n) is 3.74. The van der Waals surface area contributed by atoms with Crippen molar-refractivity contribution >= 4 is 0 Å². The van der Waals surface area contributed by atoms with Crippen molar-refractivity contribution in [2.75, 3.05) is 0 Å². The molecule has 1 aliphatic carbocycles. The van der Waals surface area contributed by atoms with E-state index in [1.54, 1.807) is 0 Å². The predicted octanol–water partition coefficient (Wildman–Crippen LogP) is 2.98. The Labute approximate surface area is 109 Å². The molecular weight excluding hydrogens is 226 g/mol. The van der Waals surface area contributed by atoms with Gasteiger partial charge in [0.2, 0.25) is 5.89 Å². The van der Waals surface area contributed by atoms with Crippen LogP contribution < -0.4 is 5.73 Å². The van der Waals surface area contributed by atoms with Gasteiger partial charge in [0.1, 0.15) is 0 Å². The first kappa shape index (κ1) is 13.5. The highest BCUT2D eigenvalue weighted by atomic mass is 16.5. The highest BCUT2D eigenvalue weighted by Crippen LogP contribution is 2.40. The van der Waals surface area contributed by atoms with Gasteiger partial charge in [-0.1, -0.05) is 39.8 Å². The van der Waals surface area contributed by atoms with Crippen molar-refractivity contribution in [3.63, 3.8) is 0 Å². The van der Waals surface area contributed by atoms with Crippen LogP contribution in [-0.2, 0) is 11.0 Å². The number of nitrogens with two attached hydrogens (primary N) is 1. The predicted molar refractivity (Wildman–Crippen MR) is 71.0 cm³/mol. The molecule has 0 radical (unpaired) electrons. The van der Waals surface area contributed by atoms with Gasteiger partial charge in [-0.05, 0) is 31.1 Å². The van der Waals surface area contributed by atoms with Crippen molar-refractivity contribution in [3.8, 4) is 0 Å². The Kier molecular flexibility index (Phi) is 3.26. The Morgan fingerprint density at radius 3 is 2.22 bits per heavy atom. The van der Waals surface area contributed by atoms with E-state index in [1.165, 1.54) is 6.42 Å². The lowest BCUT2D eigenvalue weighted by Gasteiger charge is -2.37. The molecule has 0 saturated heterocycles. The maximum Gasteiger partial charge on any atom is 0.232 e. The van der Waals surface area contributed by atoms with E-state index in [-0.39, 0.29) is 5.41 Å². The summed E-state index contributed by atoms with van der Waals surface area (Å²) >= 11 is 0. The average Bonchev–Trinajstić information content (AvgIpc) is 2.62. The summed E-state index contributed by atoms with van der Waals surface area (Å²) < 4.78 is 5.38. The fourth-order valence-corrected chi connectivity index (χ4v) is 3.09. The first-order valence-corrected chi connectivity index (χ1v) is 6.84. The smallest absolute Gasteiger partial charge is 0.232 e. The highest BCUT2D eigenvalue weighted by Gasteiger charge is 2.40. The van der Waals surface area contributed by atoms with Crippen LogP contribution in [0.25, 0.3) is 0 Å². The van der Waals surface area contributed by atoms with Crippen LogP contribution in [0.15, 0.2) is 4.52 Å². The maximum atomic E-state index is 6.53. The molecule has 1 aliphatic rings. The Morgan fingerprint density at radius 1 is 1.22 bits per heavy atom. The number of hydrogen-bond donors (Lipinski definition) is 1. The number of nitrogens with zero attached hydrogens (tertiary/aromatic N) is 2. The molecule has 1 fully saturated rings. The molecule has 4 heteroatoms. The van der Waals surface area contributed by atoms with Crippen LogP contribution in [0.2, 0.25) is 0 Å². The Balaban J connectivity index is 2.27. The van der Waals surface area contributed by atoms with Crippen LogP contribution in [0.1, 0.15) is 65.6 Å². The maximum absolute atomic E-state index is 6.53. The van der Waals surface area contributed by atoms with E-state index in [9.17, 15) is 0 Å². The highest BCUT2D eigenvalue weighted by molar-refractivity contribution is 5.09. The SMILES string of the molecule is CC1CC(C)CC(N)(c2noc(C(C)(C)C)n2)C1. The van der Waals surface area contributed by atoms with Crippen molar-refractivity contribution in [2.24, 2.45) is 17.6 Å². The molecule has 2 N–H and O–H groups in total. The number of hydrogen-bond acceptors (Lipinski definition) is 4. The molecule has 2 atom stereocenters. The van der Waals surface area contributed by atoms with Crippen molar-refractivity contribution in [1.29, 1.82) is 0 Å². The first-order chi connectivity index (χ1) is 8.21. The zero-order valence-corrected chi connectivity index (χ0v) is 12.2. The quantitative estimate of drug-likeness (QED) is 0.833. The van der Waals surface area contributed by atoms with E-state index in [2.05, 4.69) is 44.8 Å². The van der Waals surface area contributed by atoms with Gasteiger partial charge in [0, 0.05) is 5.41 Å². The molecule has 0 aliphatic heterocycles. The van der Waals surface area contributed by atoms with E-state index >= 15 is 0 Å². The van der Waals surface area contributed by atoms with Gasteiger partial charge in [-0.2, -0.15) is 4.98 Å². The summed E-state index contributed by atoms with van der Waals surface area (Å²) in [5.41, 5.74) is 6.00. The molecule has 102 valence electrons.